The highest BCUT2D eigenvalue weighted by molar-refractivity contribution is 5.03. The molecule has 0 N–H and O–H groups in total. The van der Waals surface area contributed by atoms with E-state index in [2.05, 4.69) is 6.58 Å². The average Bonchev–Trinajstić information content (AvgIpc) is 2.16. The van der Waals surface area contributed by atoms with Crippen LogP contribution in [0.3, 0.4) is 0 Å². The van der Waals surface area contributed by atoms with Crippen molar-refractivity contribution in [2.24, 2.45) is 5.92 Å². The standard InChI is InChI=1S/C10H15F3O2/c1-5-8(10(11,12)13)6-9(15-4)7(2)14-3/h5,8H,1,6H2,2-4H3/b9-7-. The van der Waals surface area contributed by atoms with E-state index in [4.69, 9.17) is 9.47 Å². The maximum absolute atomic E-state index is 12.4. The summed E-state index contributed by atoms with van der Waals surface area (Å²) in [5.41, 5.74) is 0. The Morgan fingerprint density at radius 3 is 2.13 bits per heavy atom. The van der Waals surface area contributed by atoms with Crippen LogP contribution in [-0.2, 0) is 9.47 Å². The first-order valence-corrected chi connectivity index (χ1v) is 4.33. The number of methoxy groups -OCH3 is 2. The molecule has 0 aromatic carbocycles. The Hall–Kier alpha value is -1.13. The highest BCUT2D eigenvalue weighted by Gasteiger charge is 2.38. The Kier molecular flexibility index (Phi) is 5.25. The smallest absolute Gasteiger partial charge is 0.395 e. The second kappa shape index (κ2) is 5.68. The zero-order valence-corrected chi connectivity index (χ0v) is 9.02. The summed E-state index contributed by atoms with van der Waals surface area (Å²) >= 11 is 0. The molecule has 0 aliphatic carbocycles. The molecule has 15 heavy (non-hydrogen) atoms. The molecule has 0 radical (unpaired) electrons. The number of ether oxygens (including phenoxy) is 2. The first-order valence-electron chi connectivity index (χ1n) is 4.33. The quantitative estimate of drug-likeness (QED) is 0.527. The van der Waals surface area contributed by atoms with Crippen molar-refractivity contribution in [1.82, 2.24) is 0 Å². The van der Waals surface area contributed by atoms with E-state index in [0.717, 1.165) is 6.08 Å². The number of halogens is 3. The van der Waals surface area contributed by atoms with E-state index < -0.39 is 12.1 Å². The SMILES string of the molecule is C=CC(C/C(OC)=C(\C)OC)C(F)(F)F. The predicted octanol–water partition coefficient (Wildman–Crippen LogP) is 3.27. The number of hydrogen-bond acceptors (Lipinski definition) is 2. The molecule has 5 heteroatoms. The largest absolute Gasteiger partial charge is 0.498 e. The van der Waals surface area contributed by atoms with Gasteiger partial charge in [-0.1, -0.05) is 6.08 Å². The average molecular weight is 224 g/mol. The minimum absolute atomic E-state index is 0.180. The van der Waals surface area contributed by atoms with Crippen LogP contribution < -0.4 is 0 Å². The van der Waals surface area contributed by atoms with E-state index in [9.17, 15) is 13.2 Å². The van der Waals surface area contributed by atoms with Gasteiger partial charge in [-0.25, -0.2) is 0 Å². The molecule has 0 saturated carbocycles. The lowest BCUT2D eigenvalue weighted by Crippen LogP contribution is -2.22. The molecule has 0 aliphatic rings. The van der Waals surface area contributed by atoms with Gasteiger partial charge in [0.25, 0.3) is 0 Å². The van der Waals surface area contributed by atoms with Gasteiger partial charge in [-0.3, -0.25) is 0 Å². The number of rotatable bonds is 5. The van der Waals surface area contributed by atoms with Crippen molar-refractivity contribution in [2.45, 2.75) is 19.5 Å². The van der Waals surface area contributed by atoms with Crippen molar-refractivity contribution in [1.29, 1.82) is 0 Å². The lowest BCUT2D eigenvalue weighted by atomic mass is 10.0. The molecule has 0 spiro atoms. The Labute approximate surface area is 87.4 Å². The van der Waals surface area contributed by atoms with Crippen LogP contribution in [0.4, 0.5) is 13.2 Å². The molecule has 0 fully saturated rings. The van der Waals surface area contributed by atoms with Gasteiger partial charge in [0.2, 0.25) is 0 Å². The fourth-order valence-corrected chi connectivity index (χ4v) is 1.02. The molecule has 1 atom stereocenters. The first kappa shape index (κ1) is 13.9. The van der Waals surface area contributed by atoms with Gasteiger partial charge in [0.1, 0.15) is 11.5 Å². The Bertz CT molecular complexity index is 244. The Morgan fingerprint density at radius 2 is 1.87 bits per heavy atom. The summed E-state index contributed by atoms with van der Waals surface area (Å²) in [6.07, 6.45) is -3.73. The van der Waals surface area contributed by atoms with Crippen molar-refractivity contribution in [3.8, 4) is 0 Å². The summed E-state index contributed by atoms with van der Waals surface area (Å²) in [5, 5.41) is 0. The van der Waals surface area contributed by atoms with Gasteiger partial charge in [-0.15, -0.1) is 6.58 Å². The summed E-state index contributed by atoms with van der Waals surface area (Å²) in [4.78, 5) is 0. The summed E-state index contributed by atoms with van der Waals surface area (Å²) in [6, 6.07) is 0. The summed E-state index contributed by atoms with van der Waals surface area (Å²) < 4.78 is 46.8. The molecule has 0 heterocycles. The van der Waals surface area contributed by atoms with Crippen LogP contribution in [0, 0.1) is 5.92 Å². The number of alkyl halides is 3. The second-order valence-electron chi connectivity index (χ2n) is 2.98. The second-order valence-corrected chi connectivity index (χ2v) is 2.98. The van der Waals surface area contributed by atoms with Gasteiger partial charge in [0.15, 0.2) is 0 Å². The zero-order chi connectivity index (χ0) is 12.1. The topological polar surface area (TPSA) is 18.5 Å². The molecule has 2 nitrogen and oxygen atoms in total. The molecule has 0 aromatic rings. The fourth-order valence-electron chi connectivity index (χ4n) is 1.02. The van der Waals surface area contributed by atoms with E-state index in [-0.39, 0.29) is 12.2 Å². The van der Waals surface area contributed by atoms with Crippen LogP contribution in [0.15, 0.2) is 24.2 Å². The van der Waals surface area contributed by atoms with E-state index in [1.807, 2.05) is 0 Å². The molecule has 0 bridgehead atoms. The predicted molar refractivity (Wildman–Crippen MR) is 51.1 cm³/mol. The minimum Gasteiger partial charge on any atom is -0.498 e. The monoisotopic (exact) mass is 224 g/mol. The maximum atomic E-state index is 12.4. The van der Waals surface area contributed by atoms with Gasteiger partial charge in [-0.2, -0.15) is 13.2 Å². The zero-order valence-electron chi connectivity index (χ0n) is 9.02. The van der Waals surface area contributed by atoms with Crippen molar-refractivity contribution in [2.75, 3.05) is 14.2 Å². The van der Waals surface area contributed by atoms with Crippen molar-refractivity contribution < 1.29 is 22.6 Å². The third-order valence-corrected chi connectivity index (χ3v) is 2.06. The van der Waals surface area contributed by atoms with Crippen LogP contribution in [0.25, 0.3) is 0 Å². The lowest BCUT2D eigenvalue weighted by Gasteiger charge is -2.18. The normalized spacial score (nSPS) is 15.3. The van der Waals surface area contributed by atoms with Gasteiger partial charge in [0.05, 0.1) is 20.1 Å². The summed E-state index contributed by atoms with van der Waals surface area (Å²) in [5.74, 6) is -1.09. The van der Waals surface area contributed by atoms with Crippen molar-refractivity contribution in [3.05, 3.63) is 24.2 Å². The van der Waals surface area contributed by atoms with Crippen LogP contribution in [-0.4, -0.2) is 20.4 Å². The van der Waals surface area contributed by atoms with Crippen LogP contribution >= 0.6 is 0 Å². The first-order chi connectivity index (χ1) is 6.86. The number of hydrogen-bond donors (Lipinski definition) is 0. The molecule has 0 amide bonds. The third kappa shape index (κ3) is 4.27. The lowest BCUT2D eigenvalue weighted by molar-refractivity contribution is -0.162. The van der Waals surface area contributed by atoms with E-state index in [1.54, 1.807) is 6.92 Å². The van der Waals surface area contributed by atoms with Crippen LogP contribution in [0.1, 0.15) is 13.3 Å². The molecule has 0 aliphatic heterocycles. The third-order valence-electron chi connectivity index (χ3n) is 2.06. The Morgan fingerprint density at radius 1 is 1.33 bits per heavy atom. The summed E-state index contributed by atoms with van der Waals surface area (Å²) in [6.45, 7) is 4.71. The molecular formula is C10H15F3O2. The van der Waals surface area contributed by atoms with Gasteiger partial charge >= 0.3 is 6.18 Å². The molecule has 0 rings (SSSR count). The highest BCUT2D eigenvalue weighted by atomic mass is 19.4. The minimum atomic E-state index is -4.31. The van der Waals surface area contributed by atoms with Crippen molar-refractivity contribution in [3.63, 3.8) is 0 Å². The van der Waals surface area contributed by atoms with Crippen LogP contribution in [0.5, 0.6) is 0 Å². The number of allylic oxidation sites excluding steroid dienone is 3. The summed E-state index contributed by atoms with van der Waals surface area (Å²) in [7, 11) is 2.69. The maximum Gasteiger partial charge on any atom is 0.395 e. The van der Waals surface area contributed by atoms with E-state index >= 15 is 0 Å². The fraction of sp³-hybridized carbons (Fsp3) is 0.600. The van der Waals surface area contributed by atoms with E-state index in [1.165, 1.54) is 14.2 Å². The molecule has 0 saturated heterocycles. The molecule has 1 unspecified atom stereocenters. The molecule has 0 aromatic heterocycles. The highest BCUT2D eigenvalue weighted by Crippen LogP contribution is 2.32. The van der Waals surface area contributed by atoms with Crippen molar-refractivity contribution >= 4 is 0 Å². The van der Waals surface area contributed by atoms with Gasteiger partial charge in [-0.05, 0) is 6.92 Å². The Balaban J connectivity index is 4.74. The van der Waals surface area contributed by atoms with Gasteiger partial charge < -0.3 is 9.47 Å². The van der Waals surface area contributed by atoms with E-state index in [0.29, 0.717) is 5.76 Å². The van der Waals surface area contributed by atoms with Gasteiger partial charge in [0, 0.05) is 6.42 Å². The molecular weight excluding hydrogens is 209 g/mol. The molecule has 88 valence electrons. The van der Waals surface area contributed by atoms with Crippen LogP contribution in [0.2, 0.25) is 0 Å².